The maximum Gasteiger partial charge on any atom is 0.128 e. The van der Waals surface area contributed by atoms with Crippen LogP contribution in [0.3, 0.4) is 0 Å². The maximum absolute atomic E-state index is 4.68. The summed E-state index contributed by atoms with van der Waals surface area (Å²) in [4.78, 5) is 6.73. The highest BCUT2D eigenvalue weighted by molar-refractivity contribution is 5.41. The molecule has 0 amide bonds. The lowest BCUT2D eigenvalue weighted by Crippen LogP contribution is -2.28. The Morgan fingerprint density at radius 1 is 1.43 bits per heavy atom. The molecule has 0 spiro atoms. The van der Waals surface area contributed by atoms with Gasteiger partial charge in [-0.25, -0.2) is 4.98 Å². The SMILES string of the molecule is CC1CNCc2ccc(N(C)C)nc21. The maximum atomic E-state index is 4.68. The molecule has 3 nitrogen and oxygen atoms in total. The van der Waals surface area contributed by atoms with Crippen molar-refractivity contribution in [2.75, 3.05) is 25.5 Å². The van der Waals surface area contributed by atoms with Crippen LogP contribution in [0.15, 0.2) is 12.1 Å². The van der Waals surface area contributed by atoms with Gasteiger partial charge in [0, 0.05) is 33.1 Å². The zero-order valence-electron chi connectivity index (χ0n) is 9.04. The first-order valence-corrected chi connectivity index (χ1v) is 5.06. The van der Waals surface area contributed by atoms with Crippen LogP contribution in [0.1, 0.15) is 24.1 Å². The van der Waals surface area contributed by atoms with Gasteiger partial charge < -0.3 is 10.2 Å². The lowest BCUT2D eigenvalue weighted by Gasteiger charge is -2.24. The van der Waals surface area contributed by atoms with Gasteiger partial charge in [0.05, 0.1) is 5.69 Å². The van der Waals surface area contributed by atoms with Gasteiger partial charge >= 0.3 is 0 Å². The molecule has 1 aromatic heterocycles. The second kappa shape index (κ2) is 3.58. The van der Waals surface area contributed by atoms with Gasteiger partial charge in [0.15, 0.2) is 0 Å². The van der Waals surface area contributed by atoms with Crippen molar-refractivity contribution in [3.8, 4) is 0 Å². The van der Waals surface area contributed by atoms with E-state index in [2.05, 4.69) is 34.3 Å². The van der Waals surface area contributed by atoms with Crippen molar-refractivity contribution >= 4 is 5.82 Å². The molecule has 1 aliphatic heterocycles. The Labute approximate surface area is 85.1 Å². The van der Waals surface area contributed by atoms with E-state index in [-0.39, 0.29) is 0 Å². The zero-order chi connectivity index (χ0) is 10.1. The van der Waals surface area contributed by atoms with Crippen LogP contribution >= 0.6 is 0 Å². The fourth-order valence-corrected chi connectivity index (χ4v) is 1.84. The molecule has 2 heterocycles. The van der Waals surface area contributed by atoms with Crippen molar-refractivity contribution in [2.24, 2.45) is 0 Å². The monoisotopic (exact) mass is 191 g/mol. The van der Waals surface area contributed by atoms with E-state index >= 15 is 0 Å². The molecule has 2 rings (SSSR count). The molecule has 1 atom stereocenters. The van der Waals surface area contributed by atoms with E-state index in [1.165, 1.54) is 11.3 Å². The van der Waals surface area contributed by atoms with Gasteiger partial charge in [-0.3, -0.25) is 0 Å². The van der Waals surface area contributed by atoms with Gasteiger partial charge in [-0.2, -0.15) is 0 Å². The molecular weight excluding hydrogens is 174 g/mol. The number of fused-ring (bicyclic) bond motifs is 1. The minimum absolute atomic E-state index is 0.527. The third-order valence-corrected chi connectivity index (χ3v) is 2.69. The summed E-state index contributed by atoms with van der Waals surface area (Å²) in [5.41, 5.74) is 2.60. The summed E-state index contributed by atoms with van der Waals surface area (Å²) in [7, 11) is 4.06. The van der Waals surface area contributed by atoms with Crippen molar-refractivity contribution in [2.45, 2.75) is 19.4 Å². The van der Waals surface area contributed by atoms with Crippen molar-refractivity contribution < 1.29 is 0 Å². The third-order valence-electron chi connectivity index (χ3n) is 2.69. The van der Waals surface area contributed by atoms with Gasteiger partial charge in [0.25, 0.3) is 0 Å². The average molecular weight is 191 g/mol. The number of aromatic nitrogens is 1. The Kier molecular flexibility index (Phi) is 2.42. The Balaban J connectivity index is 2.41. The predicted octanol–water partition coefficient (Wildman–Crippen LogP) is 1.35. The molecule has 1 unspecified atom stereocenters. The summed E-state index contributed by atoms with van der Waals surface area (Å²) in [5.74, 6) is 1.58. The molecule has 14 heavy (non-hydrogen) atoms. The molecule has 1 aromatic rings. The summed E-state index contributed by atoms with van der Waals surface area (Å²) < 4.78 is 0. The topological polar surface area (TPSA) is 28.2 Å². The summed E-state index contributed by atoms with van der Waals surface area (Å²) in [6.45, 7) is 4.22. The summed E-state index contributed by atoms with van der Waals surface area (Å²) in [6, 6.07) is 4.26. The highest BCUT2D eigenvalue weighted by Crippen LogP contribution is 2.23. The lowest BCUT2D eigenvalue weighted by atomic mass is 9.98. The van der Waals surface area contributed by atoms with Crippen molar-refractivity contribution in [3.05, 3.63) is 23.4 Å². The normalized spacial score (nSPS) is 20.4. The van der Waals surface area contributed by atoms with E-state index in [1.54, 1.807) is 0 Å². The van der Waals surface area contributed by atoms with Crippen LogP contribution in [0.4, 0.5) is 5.82 Å². The van der Waals surface area contributed by atoms with E-state index in [0.717, 1.165) is 18.9 Å². The van der Waals surface area contributed by atoms with Gasteiger partial charge in [-0.05, 0) is 11.6 Å². The van der Waals surface area contributed by atoms with E-state index in [1.807, 2.05) is 14.1 Å². The van der Waals surface area contributed by atoms with E-state index in [4.69, 9.17) is 0 Å². The number of nitrogens with zero attached hydrogens (tertiary/aromatic N) is 2. The van der Waals surface area contributed by atoms with Gasteiger partial charge in [-0.15, -0.1) is 0 Å². The quantitative estimate of drug-likeness (QED) is 0.726. The van der Waals surface area contributed by atoms with Crippen molar-refractivity contribution in [3.63, 3.8) is 0 Å². The molecule has 0 aliphatic carbocycles. The number of pyridine rings is 1. The van der Waals surface area contributed by atoms with Crippen LogP contribution in [0.5, 0.6) is 0 Å². The smallest absolute Gasteiger partial charge is 0.128 e. The Bertz CT molecular complexity index is 333. The number of rotatable bonds is 1. The van der Waals surface area contributed by atoms with Gasteiger partial charge in [-0.1, -0.05) is 13.0 Å². The second-order valence-electron chi connectivity index (χ2n) is 4.14. The fourth-order valence-electron chi connectivity index (χ4n) is 1.84. The number of nitrogens with one attached hydrogen (secondary N) is 1. The molecule has 3 heteroatoms. The summed E-state index contributed by atoms with van der Waals surface area (Å²) >= 11 is 0. The first kappa shape index (κ1) is 9.46. The predicted molar refractivity (Wildman–Crippen MR) is 58.7 cm³/mol. The van der Waals surface area contributed by atoms with E-state index < -0.39 is 0 Å². The van der Waals surface area contributed by atoms with E-state index in [9.17, 15) is 0 Å². The minimum atomic E-state index is 0.527. The van der Waals surface area contributed by atoms with Crippen LogP contribution in [-0.4, -0.2) is 25.6 Å². The Morgan fingerprint density at radius 3 is 2.93 bits per heavy atom. The minimum Gasteiger partial charge on any atom is -0.363 e. The molecule has 0 aromatic carbocycles. The van der Waals surface area contributed by atoms with Gasteiger partial charge in [0.2, 0.25) is 0 Å². The fraction of sp³-hybridized carbons (Fsp3) is 0.545. The van der Waals surface area contributed by atoms with Crippen molar-refractivity contribution in [1.82, 2.24) is 10.3 Å². The molecule has 76 valence electrons. The molecule has 0 radical (unpaired) electrons. The Hall–Kier alpha value is -1.09. The largest absolute Gasteiger partial charge is 0.363 e. The average Bonchev–Trinajstić information content (AvgIpc) is 2.18. The van der Waals surface area contributed by atoms with Crippen LogP contribution in [0, 0.1) is 0 Å². The summed E-state index contributed by atoms with van der Waals surface area (Å²) in [6.07, 6.45) is 0. The standard InChI is InChI=1S/C11H17N3/c1-8-6-12-7-9-4-5-10(14(2)3)13-11(8)9/h4-5,8,12H,6-7H2,1-3H3. The molecule has 1 N–H and O–H groups in total. The van der Waals surface area contributed by atoms with Crippen LogP contribution in [0.2, 0.25) is 0 Å². The molecule has 0 saturated carbocycles. The molecule has 0 saturated heterocycles. The van der Waals surface area contributed by atoms with Crippen LogP contribution < -0.4 is 10.2 Å². The third kappa shape index (κ3) is 1.60. The first-order chi connectivity index (χ1) is 6.68. The van der Waals surface area contributed by atoms with Crippen LogP contribution in [-0.2, 0) is 6.54 Å². The van der Waals surface area contributed by atoms with E-state index in [0.29, 0.717) is 5.92 Å². The molecule has 1 aliphatic rings. The molecule has 0 bridgehead atoms. The lowest BCUT2D eigenvalue weighted by molar-refractivity contribution is 0.556. The molecule has 0 fully saturated rings. The summed E-state index contributed by atoms with van der Waals surface area (Å²) in [5, 5.41) is 3.39. The Morgan fingerprint density at radius 2 is 2.21 bits per heavy atom. The number of hydrogen-bond donors (Lipinski definition) is 1. The van der Waals surface area contributed by atoms with Crippen molar-refractivity contribution in [1.29, 1.82) is 0 Å². The highest BCUT2D eigenvalue weighted by atomic mass is 15.1. The zero-order valence-corrected chi connectivity index (χ0v) is 9.04. The highest BCUT2D eigenvalue weighted by Gasteiger charge is 2.17. The van der Waals surface area contributed by atoms with Gasteiger partial charge in [0.1, 0.15) is 5.82 Å². The van der Waals surface area contributed by atoms with Crippen LogP contribution in [0.25, 0.3) is 0 Å². The molecular formula is C11H17N3. The number of anilines is 1. The second-order valence-corrected chi connectivity index (χ2v) is 4.14. The first-order valence-electron chi connectivity index (χ1n) is 5.06. The number of hydrogen-bond acceptors (Lipinski definition) is 3.